The molecule has 2 aliphatic heterocycles. The van der Waals surface area contributed by atoms with Gasteiger partial charge in [0.15, 0.2) is 5.82 Å². The van der Waals surface area contributed by atoms with E-state index in [1.807, 2.05) is 52.8 Å². The minimum absolute atomic E-state index is 0.00167. The fraction of sp³-hybridized carbons (Fsp3) is 0.308. The number of piperidine rings is 1. The molecule has 1 fully saturated rings. The van der Waals surface area contributed by atoms with Crippen LogP contribution in [0.1, 0.15) is 37.4 Å². The molecule has 36 heavy (non-hydrogen) atoms. The van der Waals surface area contributed by atoms with E-state index in [2.05, 4.69) is 15.1 Å². The normalized spacial score (nSPS) is 20.4. The summed E-state index contributed by atoms with van der Waals surface area (Å²) in [4.78, 5) is 36.1. The highest BCUT2D eigenvalue weighted by Crippen LogP contribution is 2.39. The molecule has 0 bridgehead atoms. The molecule has 0 saturated carbocycles. The van der Waals surface area contributed by atoms with Gasteiger partial charge in [0, 0.05) is 30.9 Å². The number of halogens is 2. The molecule has 2 aromatic carbocycles. The third-order valence-corrected chi connectivity index (χ3v) is 8.03. The molecular formula is C26H24Cl2N6O2. The number of aliphatic imine (C=N–C) groups is 1. The van der Waals surface area contributed by atoms with Crippen molar-refractivity contribution >= 4 is 51.7 Å². The molecule has 0 aliphatic carbocycles. The molecule has 1 amide bonds. The van der Waals surface area contributed by atoms with E-state index >= 15 is 0 Å². The third kappa shape index (κ3) is 3.76. The van der Waals surface area contributed by atoms with Gasteiger partial charge in [-0.15, -0.1) is 0 Å². The number of hydrogen-bond donors (Lipinski definition) is 1. The number of rotatable bonds is 3. The van der Waals surface area contributed by atoms with Gasteiger partial charge in [0.1, 0.15) is 5.92 Å². The maximum absolute atomic E-state index is 14.0. The van der Waals surface area contributed by atoms with Gasteiger partial charge in [0.05, 0.1) is 33.3 Å². The Bertz CT molecular complexity index is 1560. The lowest BCUT2D eigenvalue weighted by Crippen LogP contribution is -2.48. The third-order valence-electron chi connectivity index (χ3n) is 7.29. The van der Waals surface area contributed by atoms with Crippen LogP contribution >= 0.6 is 23.2 Å². The Morgan fingerprint density at radius 1 is 1.06 bits per heavy atom. The lowest BCUT2D eigenvalue weighted by molar-refractivity contribution is -0.135. The Morgan fingerprint density at radius 3 is 2.61 bits per heavy atom. The van der Waals surface area contributed by atoms with E-state index in [-0.39, 0.29) is 23.7 Å². The monoisotopic (exact) mass is 522 g/mol. The van der Waals surface area contributed by atoms with Crippen LogP contribution in [-0.4, -0.2) is 48.9 Å². The number of amides is 1. The summed E-state index contributed by atoms with van der Waals surface area (Å²) in [5.74, 6) is 0.172. The van der Waals surface area contributed by atoms with Gasteiger partial charge in [-0.1, -0.05) is 41.4 Å². The first kappa shape index (κ1) is 23.1. The number of nitrogens with zero attached hydrogens (tertiary/aromatic N) is 5. The minimum Gasteiger partial charge on any atom is -0.342 e. The summed E-state index contributed by atoms with van der Waals surface area (Å²) >= 11 is 12.5. The second-order valence-electron chi connectivity index (χ2n) is 9.36. The lowest BCUT2D eigenvalue weighted by atomic mass is 9.86. The number of para-hydroxylation sites is 2. The molecule has 6 rings (SSSR count). The molecule has 0 spiro atoms. The number of carbonyl (C=O) groups excluding carboxylic acids is 1. The molecule has 1 saturated heterocycles. The first-order valence-electron chi connectivity index (χ1n) is 11.9. The summed E-state index contributed by atoms with van der Waals surface area (Å²) in [6, 6.07) is 14.6. The summed E-state index contributed by atoms with van der Waals surface area (Å²) in [5, 5.41) is 5.37. The van der Waals surface area contributed by atoms with E-state index in [1.54, 1.807) is 23.0 Å². The van der Waals surface area contributed by atoms with E-state index < -0.39 is 5.92 Å². The molecule has 2 unspecified atom stereocenters. The van der Waals surface area contributed by atoms with E-state index in [0.717, 1.165) is 22.3 Å². The zero-order valence-electron chi connectivity index (χ0n) is 19.6. The zero-order valence-corrected chi connectivity index (χ0v) is 21.1. The van der Waals surface area contributed by atoms with Crippen LogP contribution in [0, 0.1) is 5.92 Å². The Kier molecular flexibility index (Phi) is 5.73. The fourth-order valence-corrected chi connectivity index (χ4v) is 5.86. The molecule has 8 nitrogen and oxygen atoms in total. The summed E-state index contributed by atoms with van der Waals surface area (Å²) in [5.41, 5.74) is 3.20. The second kappa shape index (κ2) is 8.94. The first-order valence-corrected chi connectivity index (χ1v) is 12.7. The van der Waals surface area contributed by atoms with Crippen LogP contribution in [0.5, 0.6) is 0 Å². The zero-order chi connectivity index (χ0) is 25.0. The van der Waals surface area contributed by atoms with Gasteiger partial charge in [0.25, 0.3) is 0 Å². The Morgan fingerprint density at radius 2 is 1.83 bits per heavy atom. The largest absolute Gasteiger partial charge is 0.342 e. The molecule has 4 heterocycles. The van der Waals surface area contributed by atoms with E-state index in [9.17, 15) is 9.59 Å². The van der Waals surface area contributed by atoms with Crippen LogP contribution in [0.2, 0.25) is 10.0 Å². The first-order chi connectivity index (χ1) is 17.4. The van der Waals surface area contributed by atoms with Crippen molar-refractivity contribution in [2.45, 2.75) is 31.8 Å². The SMILES string of the molecule is CC1=Nc2ccnn2C(c2ccc(Cl)c(Cl)c2)C1C(=O)N1CCC(n2c(=O)[nH]c3ccccc32)CC1. The van der Waals surface area contributed by atoms with Crippen LogP contribution in [0.15, 0.2) is 64.5 Å². The van der Waals surface area contributed by atoms with Gasteiger partial charge in [-0.05, 0) is 49.6 Å². The number of aromatic nitrogens is 4. The number of aromatic amines is 1. The van der Waals surface area contributed by atoms with Gasteiger partial charge >= 0.3 is 5.69 Å². The molecular weight excluding hydrogens is 499 g/mol. The quantitative estimate of drug-likeness (QED) is 0.410. The Labute approximate surface area is 217 Å². The maximum atomic E-state index is 14.0. The van der Waals surface area contributed by atoms with Gasteiger partial charge in [-0.2, -0.15) is 5.10 Å². The van der Waals surface area contributed by atoms with E-state index in [0.29, 0.717) is 41.8 Å². The predicted octanol–water partition coefficient (Wildman–Crippen LogP) is 5.01. The number of likely N-dealkylation sites (tertiary alicyclic amines) is 1. The summed E-state index contributed by atoms with van der Waals surface area (Å²) < 4.78 is 3.62. The Balaban J connectivity index is 1.28. The average Bonchev–Trinajstić information content (AvgIpc) is 3.47. The lowest BCUT2D eigenvalue weighted by Gasteiger charge is -2.38. The van der Waals surface area contributed by atoms with E-state index in [4.69, 9.17) is 23.2 Å². The summed E-state index contributed by atoms with van der Waals surface area (Å²) in [6.07, 6.45) is 3.08. The summed E-state index contributed by atoms with van der Waals surface area (Å²) in [7, 11) is 0. The standard InChI is InChI=1S/C26H24Cl2N6O2/c1-15-23(24(34-22(30-15)8-11-29-34)16-6-7-18(27)19(28)14-16)25(35)32-12-9-17(10-13-32)33-21-5-3-2-4-20(21)31-26(33)36/h2-8,11,14,17,23-24H,9-10,12-13H2,1H3,(H,31,36). The molecule has 2 aliphatic rings. The highest BCUT2D eigenvalue weighted by atomic mass is 35.5. The number of H-pyrrole nitrogens is 1. The van der Waals surface area contributed by atoms with Crippen molar-refractivity contribution in [2.24, 2.45) is 10.9 Å². The highest BCUT2D eigenvalue weighted by Gasteiger charge is 2.41. The van der Waals surface area contributed by atoms with Crippen LogP contribution in [-0.2, 0) is 4.79 Å². The minimum atomic E-state index is -0.526. The smallest absolute Gasteiger partial charge is 0.326 e. The van der Waals surface area contributed by atoms with Crippen molar-refractivity contribution < 1.29 is 4.79 Å². The molecule has 4 aromatic rings. The van der Waals surface area contributed by atoms with Crippen molar-refractivity contribution in [2.75, 3.05) is 13.1 Å². The van der Waals surface area contributed by atoms with Crippen molar-refractivity contribution in [1.82, 2.24) is 24.2 Å². The molecule has 1 N–H and O–H groups in total. The molecule has 2 aromatic heterocycles. The average molecular weight is 523 g/mol. The maximum Gasteiger partial charge on any atom is 0.326 e. The number of imidazole rings is 1. The number of carbonyl (C=O) groups is 1. The number of fused-ring (bicyclic) bond motifs is 2. The van der Waals surface area contributed by atoms with Crippen LogP contribution in [0.4, 0.5) is 5.82 Å². The van der Waals surface area contributed by atoms with Crippen LogP contribution in [0.25, 0.3) is 11.0 Å². The predicted molar refractivity (Wildman–Crippen MR) is 140 cm³/mol. The number of benzene rings is 2. The number of nitrogens with one attached hydrogen (secondary N) is 1. The fourth-order valence-electron chi connectivity index (χ4n) is 5.55. The highest BCUT2D eigenvalue weighted by molar-refractivity contribution is 6.42. The molecule has 10 heteroatoms. The van der Waals surface area contributed by atoms with Crippen LogP contribution < -0.4 is 5.69 Å². The molecule has 184 valence electrons. The second-order valence-corrected chi connectivity index (χ2v) is 10.2. The van der Waals surface area contributed by atoms with E-state index in [1.165, 1.54) is 0 Å². The molecule has 0 radical (unpaired) electrons. The van der Waals surface area contributed by atoms with Gasteiger partial charge < -0.3 is 9.88 Å². The van der Waals surface area contributed by atoms with Gasteiger partial charge in [-0.3, -0.25) is 9.36 Å². The van der Waals surface area contributed by atoms with Crippen molar-refractivity contribution in [3.05, 3.63) is 80.8 Å². The topological polar surface area (TPSA) is 88.3 Å². The van der Waals surface area contributed by atoms with Crippen LogP contribution in [0.3, 0.4) is 0 Å². The van der Waals surface area contributed by atoms with Gasteiger partial charge in [-0.25, -0.2) is 14.5 Å². The molecule has 2 atom stereocenters. The van der Waals surface area contributed by atoms with Crippen molar-refractivity contribution in [1.29, 1.82) is 0 Å². The van der Waals surface area contributed by atoms with Crippen molar-refractivity contribution in [3.8, 4) is 0 Å². The number of hydrogen-bond acceptors (Lipinski definition) is 4. The summed E-state index contributed by atoms with van der Waals surface area (Å²) in [6.45, 7) is 3.00. The van der Waals surface area contributed by atoms with Gasteiger partial charge in [0.2, 0.25) is 5.91 Å². The van der Waals surface area contributed by atoms with Crippen molar-refractivity contribution in [3.63, 3.8) is 0 Å². The Hall–Kier alpha value is -3.36.